The molecule has 2 aliphatic heterocycles. The Balaban J connectivity index is 0.00000243. The predicted molar refractivity (Wildman–Crippen MR) is 118 cm³/mol. The van der Waals surface area contributed by atoms with E-state index in [0.717, 1.165) is 32.1 Å². The second-order valence-corrected chi connectivity index (χ2v) is 7.69. The number of aliphatic imine (C=N–C) groups is 1. The zero-order chi connectivity index (χ0) is 17.6. The number of aromatic nitrogens is 2. The molecule has 0 saturated carbocycles. The summed E-state index contributed by atoms with van der Waals surface area (Å²) in [4.78, 5) is 9.96. The van der Waals surface area contributed by atoms with Crippen molar-refractivity contribution in [2.45, 2.75) is 39.0 Å². The molecule has 2 aliphatic rings. The van der Waals surface area contributed by atoms with E-state index in [1.807, 2.05) is 17.9 Å². The van der Waals surface area contributed by atoms with Gasteiger partial charge in [0.15, 0.2) is 5.96 Å². The highest BCUT2D eigenvalue weighted by Crippen LogP contribution is 2.26. The molecule has 148 valence electrons. The molecule has 0 aromatic carbocycles. The largest absolute Gasteiger partial charge is 0.357 e. The quantitative estimate of drug-likeness (QED) is 0.391. The van der Waals surface area contributed by atoms with Gasteiger partial charge in [-0.05, 0) is 50.8 Å². The van der Waals surface area contributed by atoms with Gasteiger partial charge in [0.05, 0.1) is 6.20 Å². The lowest BCUT2D eigenvalue weighted by Crippen LogP contribution is -2.40. The van der Waals surface area contributed by atoms with Crippen LogP contribution in [-0.4, -0.2) is 71.4 Å². The van der Waals surface area contributed by atoms with Crippen LogP contribution in [0.15, 0.2) is 17.4 Å². The second kappa shape index (κ2) is 10.5. The number of hydrogen-bond acceptors (Lipinski definition) is 3. The van der Waals surface area contributed by atoms with Gasteiger partial charge in [-0.25, -0.2) is 0 Å². The zero-order valence-corrected chi connectivity index (χ0v) is 18.9. The number of aryl methyl sites for hydroxylation is 1. The van der Waals surface area contributed by atoms with Gasteiger partial charge in [0.25, 0.3) is 0 Å². The lowest BCUT2D eigenvalue weighted by molar-refractivity contribution is 0.291. The number of guanidine groups is 1. The van der Waals surface area contributed by atoms with Crippen molar-refractivity contribution in [2.75, 3.05) is 45.8 Å². The Morgan fingerprint density at radius 2 is 2.12 bits per heavy atom. The fourth-order valence-electron chi connectivity index (χ4n) is 4.01. The van der Waals surface area contributed by atoms with Crippen molar-refractivity contribution in [3.05, 3.63) is 18.0 Å². The first-order chi connectivity index (χ1) is 12.2. The minimum Gasteiger partial charge on any atom is -0.357 e. The monoisotopic (exact) mass is 474 g/mol. The molecule has 3 heterocycles. The summed E-state index contributed by atoms with van der Waals surface area (Å²) in [7, 11) is 1.99. The average Bonchev–Trinajstić information content (AvgIpc) is 3.32. The Bertz CT molecular complexity index is 566. The molecule has 2 unspecified atom stereocenters. The van der Waals surface area contributed by atoms with E-state index in [1.54, 1.807) is 0 Å². The molecular weight excluding hydrogens is 439 g/mol. The zero-order valence-electron chi connectivity index (χ0n) is 16.5. The summed E-state index contributed by atoms with van der Waals surface area (Å²) in [5, 5.41) is 7.82. The van der Waals surface area contributed by atoms with Gasteiger partial charge >= 0.3 is 0 Å². The molecule has 0 aliphatic carbocycles. The van der Waals surface area contributed by atoms with Crippen molar-refractivity contribution in [1.29, 1.82) is 0 Å². The van der Waals surface area contributed by atoms with E-state index in [1.165, 1.54) is 44.5 Å². The lowest BCUT2D eigenvalue weighted by atomic mass is 10.0. The second-order valence-electron chi connectivity index (χ2n) is 7.69. The van der Waals surface area contributed by atoms with Gasteiger partial charge in [-0.15, -0.1) is 24.0 Å². The van der Waals surface area contributed by atoms with Crippen LogP contribution in [0.3, 0.4) is 0 Å². The van der Waals surface area contributed by atoms with Crippen LogP contribution < -0.4 is 5.32 Å². The fraction of sp³-hybridized carbons (Fsp3) is 0.789. The fourth-order valence-corrected chi connectivity index (χ4v) is 4.01. The minimum atomic E-state index is 0. The van der Waals surface area contributed by atoms with Crippen LogP contribution in [0, 0.1) is 5.92 Å². The van der Waals surface area contributed by atoms with Crippen molar-refractivity contribution < 1.29 is 0 Å². The molecule has 2 atom stereocenters. The van der Waals surface area contributed by atoms with Crippen molar-refractivity contribution in [2.24, 2.45) is 18.0 Å². The molecule has 2 saturated heterocycles. The third kappa shape index (κ3) is 5.84. The normalized spacial score (nSPS) is 22.5. The average molecular weight is 474 g/mol. The highest BCUT2D eigenvalue weighted by Gasteiger charge is 2.27. The standard InChI is InChI=1S/C19H34N6.HI/c1-4-20-19(21-11-16(2)13-24-8-5-6-9-24)25-10-7-17(15-25)18-12-22-23(3)14-18;/h12,14,16-17H,4-11,13,15H2,1-3H3,(H,20,21);1H. The van der Waals surface area contributed by atoms with Crippen LogP contribution in [0.1, 0.15) is 44.6 Å². The maximum absolute atomic E-state index is 4.95. The predicted octanol–water partition coefficient (Wildman–Crippen LogP) is 2.52. The molecule has 0 radical (unpaired) electrons. The Hall–Kier alpha value is -0.830. The van der Waals surface area contributed by atoms with Crippen molar-refractivity contribution in [3.8, 4) is 0 Å². The summed E-state index contributed by atoms with van der Waals surface area (Å²) in [6.07, 6.45) is 8.07. The van der Waals surface area contributed by atoms with Gasteiger partial charge in [-0.2, -0.15) is 5.10 Å². The van der Waals surface area contributed by atoms with E-state index in [9.17, 15) is 0 Å². The van der Waals surface area contributed by atoms with Crippen LogP contribution in [0.25, 0.3) is 0 Å². The molecule has 1 aromatic rings. The summed E-state index contributed by atoms with van der Waals surface area (Å²) < 4.78 is 1.90. The summed E-state index contributed by atoms with van der Waals surface area (Å²) >= 11 is 0. The molecule has 1 aromatic heterocycles. The van der Waals surface area contributed by atoms with Crippen LogP contribution in [0.2, 0.25) is 0 Å². The number of halogens is 1. The molecule has 0 amide bonds. The van der Waals surface area contributed by atoms with Crippen LogP contribution >= 0.6 is 24.0 Å². The Morgan fingerprint density at radius 3 is 2.77 bits per heavy atom. The summed E-state index contributed by atoms with van der Waals surface area (Å²) in [6, 6.07) is 0. The summed E-state index contributed by atoms with van der Waals surface area (Å²) in [5.41, 5.74) is 1.35. The van der Waals surface area contributed by atoms with Gasteiger partial charge in [-0.3, -0.25) is 9.67 Å². The van der Waals surface area contributed by atoms with Crippen molar-refractivity contribution >= 4 is 29.9 Å². The third-order valence-corrected chi connectivity index (χ3v) is 5.34. The molecule has 2 fully saturated rings. The van der Waals surface area contributed by atoms with Gasteiger partial charge in [0.1, 0.15) is 0 Å². The van der Waals surface area contributed by atoms with Gasteiger partial charge < -0.3 is 15.1 Å². The number of nitrogens with one attached hydrogen (secondary N) is 1. The van der Waals surface area contributed by atoms with Crippen molar-refractivity contribution in [3.63, 3.8) is 0 Å². The Morgan fingerprint density at radius 1 is 1.35 bits per heavy atom. The first-order valence-corrected chi connectivity index (χ1v) is 9.90. The number of hydrogen-bond donors (Lipinski definition) is 1. The Labute approximate surface area is 175 Å². The van der Waals surface area contributed by atoms with Gasteiger partial charge in [0.2, 0.25) is 0 Å². The van der Waals surface area contributed by atoms with Crippen LogP contribution in [0.5, 0.6) is 0 Å². The molecule has 0 spiro atoms. The highest BCUT2D eigenvalue weighted by atomic mass is 127. The molecule has 0 bridgehead atoms. The van der Waals surface area contributed by atoms with E-state index in [-0.39, 0.29) is 24.0 Å². The molecule has 26 heavy (non-hydrogen) atoms. The molecule has 6 nitrogen and oxygen atoms in total. The summed E-state index contributed by atoms with van der Waals surface area (Å²) in [5.74, 6) is 2.27. The lowest BCUT2D eigenvalue weighted by Gasteiger charge is -2.23. The Kier molecular flexibility index (Phi) is 8.66. The van der Waals surface area contributed by atoms with E-state index < -0.39 is 0 Å². The topological polar surface area (TPSA) is 48.7 Å². The maximum atomic E-state index is 4.95. The van der Waals surface area contributed by atoms with E-state index in [4.69, 9.17) is 4.99 Å². The smallest absolute Gasteiger partial charge is 0.193 e. The summed E-state index contributed by atoms with van der Waals surface area (Å²) in [6.45, 7) is 12.1. The van der Waals surface area contributed by atoms with Crippen molar-refractivity contribution in [1.82, 2.24) is 24.9 Å². The maximum Gasteiger partial charge on any atom is 0.193 e. The highest BCUT2D eigenvalue weighted by molar-refractivity contribution is 14.0. The van der Waals surface area contributed by atoms with Crippen LogP contribution in [-0.2, 0) is 7.05 Å². The molecule has 3 rings (SSSR count). The third-order valence-electron chi connectivity index (χ3n) is 5.34. The molecule has 1 N–H and O–H groups in total. The first kappa shape index (κ1) is 21.5. The number of rotatable bonds is 6. The van der Waals surface area contributed by atoms with Crippen LogP contribution in [0.4, 0.5) is 0 Å². The van der Waals surface area contributed by atoms with Gasteiger partial charge in [-0.1, -0.05) is 6.92 Å². The molecule has 7 heteroatoms. The van der Waals surface area contributed by atoms with E-state index in [2.05, 4.69) is 40.3 Å². The number of nitrogens with zero attached hydrogens (tertiary/aromatic N) is 5. The van der Waals surface area contributed by atoms with Gasteiger partial charge in [0, 0.05) is 51.9 Å². The minimum absolute atomic E-state index is 0. The number of likely N-dealkylation sites (tertiary alicyclic amines) is 2. The first-order valence-electron chi connectivity index (χ1n) is 9.90. The SMILES string of the molecule is CCNC(=NCC(C)CN1CCCC1)N1CCC(c2cnn(C)c2)C1.I. The van der Waals surface area contributed by atoms with E-state index in [0.29, 0.717) is 11.8 Å². The van der Waals surface area contributed by atoms with E-state index >= 15 is 0 Å². The molecular formula is C19H35IN6.